The summed E-state index contributed by atoms with van der Waals surface area (Å²) in [7, 11) is 0. The second-order valence-electron chi connectivity index (χ2n) is 7.97. The molecular weight excluding hydrogens is 406 g/mol. The van der Waals surface area contributed by atoms with Crippen LogP contribution in [0.25, 0.3) is 17.2 Å². The van der Waals surface area contributed by atoms with E-state index in [4.69, 9.17) is 14.3 Å². The van der Waals surface area contributed by atoms with Crippen LogP contribution in [0, 0.1) is 0 Å². The number of hydrogen-bond donors (Lipinski definition) is 2. The number of nitrogens with one attached hydrogen (secondary N) is 1. The third-order valence-corrected chi connectivity index (χ3v) is 5.24. The quantitative estimate of drug-likeness (QED) is 0.340. The first kappa shape index (κ1) is 23.2. The first-order chi connectivity index (χ1) is 15.5. The normalized spacial score (nSPS) is 11.0. The van der Waals surface area contributed by atoms with Crippen LogP contribution in [0.1, 0.15) is 50.8 Å². The van der Waals surface area contributed by atoms with Crippen LogP contribution in [-0.4, -0.2) is 38.8 Å². The molecule has 0 spiro atoms. The van der Waals surface area contributed by atoms with Crippen LogP contribution < -0.4 is 4.74 Å². The lowest BCUT2D eigenvalue weighted by atomic mass is 10.1. The van der Waals surface area contributed by atoms with Gasteiger partial charge in [-0.05, 0) is 57.4 Å². The fourth-order valence-electron chi connectivity index (χ4n) is 3.46. The van der Waals surface area contributed by atoms with Gasteiger partial charge in [-0.1, -0.05) is 24.8 Å². The molecule has 0 aliphatic heterocycles. The number of para-hydroxylation sites is 1. The summed E-state index contributed by atoms with van der Waals surface area (Å²) in [5, 5.41) is 16.2. The van der Waals surface area contributed by atoms with Crippen molar-refractivity contribution >= 4 is 11.7 Å². The van der Waals surface area contributed by atoms with E-state index in [1.807, 2.05) is 36.4 Å². The monoisotopic (exact) mass is 437 g/mol. The molecule has 0 fully saturated rings. The van der Waals surface area contributed by atoms with Crippen molar-refractivity contribution in [2.45, 2.75) is 52.1 Å². The number of H-pyrrole nitrogens is 1. The fourth-order valence-corrected chi connectivity index (χ4v) is 3.46. The van der Waals surface area contributed by atoms with Crippen molar-refractivity contribution in [3.63, 3.8) is 0 Å². The molecule has 0 radical (unpaired) electrons. The number of ether oxygens (including phenoxy) is 1. The van der Waals surface area contributed by atoms with Crippen LogP contribution in [0.2, 0.25) is 0 Å². The number of aromatic nitrogens is 2. The number of rotatable bonds is 13. The van der Waals surface area contributed by atoms with E-state index in [1.54, 1.807) is 6.26 Å². The number of carboxylic acids is 1. The highest BCUT2D eigenvalue weighted by atomic mass is 16.5. The van der Waals surface area contributed by atoms with Gasteiger partial charge in [0, 0.05) is 24.6 Å². The molecule has 0 aliphatic carbocycles. The molecule has 2 aromatic heterocycles. The van der Waals surface area contributed by atoms with Crippen molar-refractivity contribution in [2.24, 2.45) is 0 Å². The van der Waals surface area contributed by atoms with Gasteiger partial charge in [0.1, 0.15) is 17.1 Å². The van der Waals surface area contributed by atoms with Gasteiger partial charge in [0.25, 0.3) is 0 Å². The summed E-state index contributed by atoms with van der Waals surface area (Å²) < 4.78 is 11.5. The average Bonchev–Trinajstić information content (AvgIpc) is 3.46. The molecule has 0 unspecified atom stereocenters. The average molecular weight is 438 g/mol. The lowest BCUT2D eigenvalue weighted by Crippen LogP contribution is -2.28. The van der Waals surface area contributed by atoms with Crippen molar-refractivity contribution in [3.8, 4) is 17.2 Å². The molecule has 2 N–H and O–H groups in total. The Bertz CT molecular complexity index is 1010. The summed E-state index contributed by atoms with van der Waals surface area (Å²) in [5.41, 5.74) is 3.45. The fraction of sp³-hybridized carbons (Fsp3) is 0.360. The van der Waals surface area contributed by atoms with E-state index in [9.17, 15) is 4.79 Å². The van der Waals surface area contributed by atoms with E-state index in [1.165, 1.54) is 0 Å². The summed E-state index contributed by atoms with van der Waals surface area (Å²) in [4.78, 5) is 12.8. The van der Waals surface area contributed by atoms with Crippen LogP contribution in [0.15, 0.2) is 59.7 Å². The summed E-state index contributed by atoms with van der Waals surface area (Å²) in [6.07, 6.45) is 4.17. The number of nitrogens with zero attached hydrogens (tertiary/aromatic N) is 2. The lowest BCUT2D eigenvalue weighted by molar-refractivity contribution is -0.137. The molecule has 3 rings (SSSR count). The topological polar surface area (TPSA) is 91.6 Å². The first-order valence-electron chi connectivity index (χ1n) is 10.9. The Balaban J connectivity index is 1.64. The molecule has 0 bridgehead atoms. The predicted molar refractivity (Wildman–Crippen MR) is 124 cm³/mol. The largest absolute Gasteiger partial charge is 0.493 e. The third kappa shape index (κ3) is 6.26. The zero-order valence-corrected chi connectivity index (χ0v) is 18.7. The van der Waals surface area contributed by atoms with Gasteiger partial charge in [-0.3, -0.25) is 9.89 Å². The highest BCUT2D eigenvalue weighted by molar-refractivity contribution is 5.66. The van der Waals surface area contributed by atoms with Crippen molar-refractivity contribution in [3.05, 3.63) is 66.6 Å². The van der Waals surface area contributed by atoms with Crippen LogP contribution in [-0.2, 0) is 11.3 Å². The van der Waals surface area contributed by atoms with E-state index in [0.717, 1.165) is 47.0 Å². The van der Waals surface area contributed by atoms with Gasteiger partial charge < -0.3 is 19.2 Å². The van der Waals surface area contributed by atoms with E-state index in [-0.39, 0.29) is 12.5 Å². The smallest absolute Gasteiger partial charge is 0.303 e. The van der Waals surface area contributed by atoms with Gasteiger partial charge in [0.15, 0.2) is 5.76 Å². The Morgan fingerprint density at radius 2 is 2.03 bits per heavy atom. The van der Waals surface area contributed by atoms with Crippen LogP contribution in [0.5, 0.6) is 5.75 Å². The van der Waals surface area contributed by atoms with Crippen LogP contribution >= 0.6 is 0 Å². The zero-order valence-electron chi connectivity index (χ0n) is 18.7. The number of unbranched alkanes of at least 4 members (excludes halogenated alkanes) is 2. The van der Waals surface area contributed by atoms with Crippen LogP contribution in [0.3, 0.4) is 0 Å². The minimum absolute atomic E-state index is 0.204. The van der Waals surface area contributed by atoms with E-state index >= 15 is 0 Å². The Kier molecular flexibility index (Phi) is 8.14. The van der Waals surface area contributed by atoms with E-state index in [2.05, 4.69) is 41.6 Å². The van der Waals surface area contributed by atoms with Gasteiger partial charge >= 0.3 is 5.97 Å². The van der Waals surface area contributed by atoms with Gasteiger partial charge in [-0.15, -0.1) is 0 Å². The van der Waals surface area contributed by atoms with Gasteiger partial charge in [0.2, 0.25) is 0 Å². The third-order valence-electron chi connectivity index (χ3n) is 5.24. The van der Waals surface area contributed by atoms with Gasteiger partial charge in [-0.25, -0.2) is 0 Å². The van der Waals surface area contributed by atoms with Gasteiger partial charge in [-0.2, -0.15) is 5.10 Å². The molecule has 7 nitrogen and oxygen atoms in total. The standard InChI is InChI=1S/C25H31N3O4/c1-18(2)28(19(3)21-16-22(27-26-21)24-12-9-15-32-24)17-20-10-6-7-11-23(20)31-14-8-4-5-13-25(29)30/h6-7,9-12,15-16,18H,3-5,8,13-14,17H2,1-2H3,(H,26,27)(H,29,30). The maximum absolute atomic E-state index is 10.6. The molecule has 0 amide bonds. The van der Waals surface area contributed by atoms with Crippen LogP contribution in [0.4, 0.5) is 0 Å². The van der Waals surface area contributed by atoms with E-state index in [0.29, 0.717) is 19.6 Å². The maximum Gasteiger partial charge on any atom is 0.303 e. The number of aliphatic carboxylic acids is 1. The Hall–Kier alpha value is -3.48. The number of carbonyl (C=O) groups is 1. The number of benzene rings is 1. The Labute approximate surface area is 188 Å². The number of aromatic amines is 1. The molecule has 0 aliphatic rings. The molecule has 0 saturated heterocycles. The highest BCUT2D eigenvalue weighted by Gasteiger charge is 2.19. The predicted octanol–water partition coefficient (Wildman–Crippen LogP) is 5.57. The SMILES string of the molecule is C=C(c1cc(-c2ccco2)[nH]n1)N(Cc1ccccc1OCCCCCC(=O)O)C(C)C. The Morgan fingerprint density at radius 1 is 1.22 bits per heavy atom. The van der Waals surface area contributed by atoms with Crippen molar-refractivity contribution in [2.75, 3.05) is 6.61 Å². The lowest BCUT2D eigenvalue weighted by Gasteiger charge is -2.30. The maximum atomic E-state index is 10.6. The molecule has 0 atom stereocenters. The molecule has 170 valence electrons. The molecule has 3 aromatic rings. The molecule has 32 heavy (non-hydrogen) atoms. The number of furan rings is 1. The van der Waals surface area contributed by atoms with Crippen molar-refractivity contribution < 1.29 is 19.1 Å². The summed E-state index contributed by atoms with van der Waals surface area (Å²) >= 11 is 0. The molecule has 0 saturated carbocycles. The van der Waals surface area contributed by atoms with Crippen molar-refractivity contribution in [1.29, 1.82) is 0 Å². The second-order valence-corrected chi connectivity index (χ2v) is 7.97. The van der Waals surface area contributed by atoms with Gasteiger partial charge in [0.05, 0.1) is 18.6 Å². The molecule has 1 aromatic carbocycles. The molecule has 7 heteroatoms. The van der Waals surface area contributed by atoms with Crippen molar-refractivity contribution in [1.82, 2.24) is 15.1 Å². The van der Waals surface area contributed by atoms with E-state index < -0.39 is 5.97 Å². The molecular formula is C25H31N3O4. The number of hydrogen-bond acceptors (Lipinski definition) is 5. The Morgan fingerprint density at radius 3 is 2.75 bits per heavy atom. The highest BCUT2D eigenvalue weighted by Crippen LogP contribution is 2.28. The minimum Gasteiger partial charge on any atom is -0.493 e. The first-order valence-corrected chi connectivity index (χ1v) is 10.9. The summed E-state index contributed by atoms with van der Waals surface area (Å²) in [5.74, 6) is 0.815. The zero-order chi connectivity index (χ0) is 22.9. The minimum atomic E-state index is -0.751. The summed E-state index contributed by atoms with van der Waals surface area (Å²) in [6.45, 7) is 9.74. The molecule has 2 heterocycles. The number of carboxylic acid groups (broad SMARTS) is 1. The second kappa shape index (κ2) is 11.2. The summed E-state index contributed by atoms with van der Waals surface area (Å²) in [6, 6.07) is 13.9.